The molecule has 0 bridgehead atoms. The van der Waals surface area contributed by atoms with Gasteiger partial charge in [-0.1, -0.05) is 124 Å². The molecule has 0 spiro atoms. The number of unbranched alkanes of at least 4 members (excludes halogenated alkanes) is 14. The van der Waals surface area contributed by atoms with Gasteiger partial charge in [-0.15, -0.1) is 0 Å². The number of hydrogen-bond donors (Lipinski definition) is 0. The molecule has 0 atom stereocenters. The predicted molar refractivity (Wildman–Crippen MR) is 137 cm³/mol. The summed E-state index contributed by atoms with van der Waals surface area (Å²) in [7, 11) is -2.27. The van der Waals surface area contributed by atoms with Crippen molar-refractivity contribution >= 4 is 8.56 Å². The zero-order valence-corrected chi connectivity index (χ0v) is 22.5. The van der Waals surface area contributed by atoms with Gasteiger partial charge in [0.1, 0.15) is 0 Å². The summed E-state index contributed by atoms with van der Waals surface area (Å²) in [6.45, 7) is 13.2. The van der Waals surface area contributed by atoms with Crippen molar-refractivity contribution in [3.8, 4) is 0 Å². The first kappa shape index (κ1) is 29.9. The van der Waals surface area contributed by atoms with Crippen molar-refractivity contribution in [2.45, 2.75) is 149 Å². The highest BCUT2D eigenvalue weighted by molar-refractivity contribution is 6.74. The first-order valence-corrected chi connectivity index (χ1v) is 15.6. The van der Waals surface area contributed by atoms with E-state index in [2.05, 4.69) is 46.4 Å². The number of rotatable bonds is 23. The Bertz CT molecular complexity index is 352. The van der Waals surface area contributed by atoms with E-state index in [9.17, 15) is 0 Å². The highest BCUT2D eigenvalue weighted by Crippen LogP contribution is 2.27. The van der Waals surface area contributed by atoms with Crippen molar-refractivity contribution in [1.29, 1.82) is 0 Å². The van der Waals surface area contributed by atoms with E-state index < -0.39 is 8.56 Å². The summed E-state index contributed by atoms with van der Waals surface area (Å²) in [5.74, 6) is 0. The third-order valence-electron chi connectivity index (χ3n) is 6.03. The second-order valence-electron chi connectivity index (χ2n) is 9.36. The van der Waals surface area contributed by atoms with Gasteiger partial charge in [0.2, 0.25) is 0 Å². The summed E-state index contributed by atoms with van der Waals surface area (Å²) in [6.07, 6.45) is 24.6. The molecule has 0 amide bonds. The molecular formula is C27H56O2Si. The monoisotopic (exact) mass is 440 g/mol. The maximum Gasteiger partial charge on any atom is 0.367 e. The van der Waals surface area contributed by atoms with Crippen LogP contribution < -0.4 is 0 Å². The van der Waals surface area contributed by atoms with Crippen molar-refractivity contribution in [3.63, 3.8) is 0 Å². The maximum atomic E-state index is 6.59. The minimum absolute atomic E-state index is 0.463. The van der Waals surface area contributed by atoms with Gasteiger partial charge in [0.15, 0.2) is 0 Å². The van der Waals surface area contributed by atoms with E-state index in [1.165, 1.54) is 109 Å². The van der Waals surface area contributed by atoms with Crippen LogP contribution in [0, 0.1) is 0 Å². The van der Waals surface area contributed by atoms with Crippen LogP contribution >= 0.6 is 0 Å². The molecule has 30 heavy (non-hydrogen) atoms. The molecule has 2 nitrogen and oxygen atoms in total. The smallest absolute Gasteiger partial charge is 0.367 e. The quantitative estimate of drug-likeness (QED) is 0.116. The van der Waals surface area contributed by atoms with Gasteiger partial charge in [0.25, 0.3) is 0 Å². The summed E-state index contributed by atoms with van der Waals surface area (Å²) < 4.78 is 13.2. The number of allylic oxidation sites excluding steroid dienone is 1. The van der Waals surface area contributed by atoms with E-state index in [1.54, 1.807) is 0 Å². The molecule has 0 saturated heterocycles. The third-order valence-corrected chi connectivity index (χ3v) is 9.65. The van der Waals surface area contributed by atoms with E-state index in [1.807, 2.05) is 0 Å². The summed E-state index contributed by atoms with van der Waals surface area (Å²) in [6, 6.07) is 0. The van der Waals surface area contributed by atoms with Crippen molar-refractivity contribution in [3.05, 3.63) is 11.8 Å². The first-order chi connectivity index (χ1) is 14.6. The second kappa shape index (κ2) is 22.1. The summed E-state index contributed by atoms with van der Waals surface area (Å²) in [5.41, 5.74) is 2.85. The predicted octanol–water partition coefficient (Wildman–Crippen LogP) is 9.66. The average Bonchev–Trinajstić information content (AvgIpc) is 2.74. The molecule has 3 heteroatoms. The second-order valence-corrected chi connectivity index (χ2v) is 12.9. The van der Waals surface area contributed by atoms with Gasteiger partial charge < -0.3 is 8.85 Å². The largest absolute Gasteiger partial charge is 0.391 e. The van der Waals surface area contributed by atoms with Crippen LogP contribution in [-0.2, 0) is 8.85 Å². The molecule has 0 fully saturated rings. The van der Waals surface area contributed by atoms with Gasteiger partial charge in [0.05, 0.1) is 0 Å². The van der Waals surface area contributed by atoms with Crippen molar-refractivity contribution in [2.75, 3.05) is 13.2 Å². The molecule has 0 N–H and O–H groups in total. The number of hydrogen-bond acceptors (Lipinski definition) is 2. The van der Waals surface area contributed by atoms with Crippen LogP contribution in [0.15, 0.2) is 11.8 Å². The Morgan fingerprint density at radius 3 is 1.40 bits per heavy atom. The molecule has 0 aliphatic carbocycles. The topological polar surface area (TPSA) is 18.5 Å². The van der Waals surface area contributed by atoms with Crippen molar-refractivity contribution in [1.82, 2.24) is 0 Å². The van der Waals surface area contributed by atoms with Crippen LogP contribution in [0.5, 0.6) is 0 Å². The minimum Gasteiger partial charge on any atom is -0.391 e. The molecule has 0 aliphatic heterocycles. The van der Waals surface area contributed by atoms with Crippen LogP contribution in [0.3, 0.4) is 0 Å². The highest BCUT2D eigenvalue weighted by Gasteiger charge is 2.38. The Morgan fingerprint density at radius 2 is 0.967 bits per heavy atom. The molecule has 180 valence electrons. The zero-order valence-electron chi connectivity index (χ0n) is 21.5. The highest BCUT2D eigenvalue weighted by atomic mass is 28.4. The van der Waals surface area contributed by atoms with Gasteiger partial charge in [0, 0.05) is 18.8 Å². The van der Waals surface area contributed by atoms with Gasteiger partial charge >= 0.3 is 8.56 Å². The van der Waals surface area contributed by atoms with E-state index in [0.717, 1.165) is 13.2 Å². The van der Waals surface area contributed by atoms with Crippen LogP contribution in [0.1, 0.15) is 144 Å². The van der Waals surface area contributed by atoms with Crippen molar-refractivity contribution < 1.29 is 8.85 Å². The average molecular weight is 441 g/mol. The summed E-state index contributed by atoms with van der Waals surface area (Å²) in [4.78, 5) is 0. The Morgan fingerprint density at radius 1 is 0.567 bits per heavy atom. The summed E-state index contributed by atoms with van der Waals surface area (Å²) >= 11 is 0. The van der Waals surface area contributed by atoms with Gasteiger partial charge in [-0.25, -0.2) is 0 Å². The lowest BCUT2D eigenvalue weighted by molar-refractivity contribution is 0.165. The minimum atomic E-state index is -2.27. The fourth-order valence-corrected chi connectivity index (χ4v) is 6.58. The van der Waals surface area contributed by atoms with Crippen LogP contribution in [-0.4, -0.2) is 21.8 Å². The van der Waals surface area contributed by atoms with E-state index in [0.29, 0.717) is 5.54 Å². The lowest BCUT2D eigenvalue weighted by atomic mass is 10.1. The Kier molecular flexibility index (Phi) is 22.0. The fraction of sp³-hybridized carbons (Fsp3) is 0.926. The molecular weight excluding hydrogens is 384 g/mol. The van der Waals surface area contributed by atoms with E-state index in [4.69, 9.17) is 8.85 Å². The molecule has 0 radical (unpaired) electrons. The molecule has 0 aromatic rings. The normalized spacial score (nSPS) is 12.5. The van der Waals surface area contributed by atoms with Crippen LogP contribution in [0.25, 0.3) is 0 Å². The molecule has 0 saturated carbocycles. The van der Waals surface area contributed by atoms with E-state index >= 15 is 0 Å². The Labute approximate surface area is 191 Å². The van der Waals surface area contributed by atoms with Crippen LogP contribution in [0.4, 0.5) is 0 Å². The Hall–Kier alpha value is -0.123. The third kappa shape index (κ3) is 16.6. The van der Waals surface area contributed by atoms with Gasteiger partial charge in [-0.2, -0.15) is 0 Å². The maximum absolute atomic E-state index is 6.59. The molecule has 0 rings (SSSR count). The molecule has 0 heterocycles. The molecule has 0 aromatic carbocycles. The SMILES string of the molecule is CCCCCCCCC=C[Si](OCCCCCCC)(OCCCCCCC)C(C)C. The van der Waals surface area contributed by atoms with E-state index in [-0.39, 0.29) is 0 Å². The standard InChI is InChI=1S/C27H56O2Si/c1-6-9-12-15-16-17-20-23-26-30(27(4)5,28-24-21-18-13-10-7-2)29-25-22-19-14-11-8-3/h23,26-27H,6-22,24-25H2,1-5H3. The van der Waals surface area contributed by atoms with Gasteiger partial charge in [-0.3, -0.25) is 0 Å². The first-order valence-electron chi connectivity index (χ1n) is 13.6. The lowest BCUT2D eigenvalue weighted by Crippen LogP contribution is -2.44. The lowest BCUT2D eigenvalue weighted by Gasteiger charge is -2.31. The fourth-order valence-electron chi connectivity index (χ4n) is 3.83. The Balaban J connectivity index is 4.56. The van der Waals surface area contributed by atoms with Crippen LogP contribution in [0.2, 0.25) is 5.54 Å². The molecule has 0 aliphatic rings. The van der Waals surface area contributed by atoms with Gasteiger partial charge in [-0.05, 0) is 31.4 Å². The summed E-state index contributed by atoms with van der Waals surface area (Å²) in [5, 5.41) is 0. The zero-order chi connectivity index (χ0) is 22.3. The molecule has 0 unspecified atom stereocenters. The molecule has 0 aromatic heterocycles. The van der Waals surface area contributed by atoms with Crippen molar-refractivity contribution in [2.24, 2.45) is 0 Å².